The first-order valence-electron chi connectivity index (χ1n) is 3.90. The summed E-state index contributed by atoms with van der Waals surface area (Å²) in [7, 11) is 0. The highest BCUT2D eigenvalue weighted by atomic mass is 16.6. The highest BCUT2D eigenvalue weighted by molar-refractivity contribution is 5.65. The summed E-state index contributed by atoms with van der Waals surface area (Å²) in [4.78, 5) is 10.3. The molecule has 1 aliphatic rings. The van der Waals surface area contributed by atoms with Gasteiger partial charge < -0.3 is 9.47 Å². The minimum absolute atomic E-state index is 0.0974. The van der Waals surface area contributed by atoms with E-state index in [-0.39, 0.29) is 11.6 Å². The first kappa shape index (κ1) is 8.53. The molecule has 0 radical (unpaired) electrons. The van der Waals surface area contributed by atoms with E-state index in [0.717, 1.165) is 19.4 Å². The Morgan fingerprint density at radius 3 is 2.82 bits per heavy atom. The molecule has 1 saturated heterocycles. The fourth-order valence-corrected chi connectivity index (χ4v) is 0.930. The Bertz CT molecular complexity index is 149. The summed E-state index contributed by atoms with van der Waals surface area (Å²) < 4.78 is 9.93. The summed E-state index contributed by atoms with van der Waals surface area (Å²) in [5.41, 5.74) is 0.0974. The Hall–Kier alpha value is -0.570. The molecule has 0 aliphatic carbocycles. The van der Waals surface area contributed by atoms with Crippen molar-refractivity contribution in [3.8, 4) is 0 Å². The average Bonchev–Trinajstić information content (AvgIpc) is 2.62. The number of carbonyl (C=O) groups excluding carboxylic acids is 1. The van der Waals surface area contributed by atoms with Crippen LogP contribution in [0.1, 0.15) is 26.7 Å². The van der Waals surface area contributed by atoms with Crippen molar-refractivity contribution in [3.05, 3.63) is 0 Å². The minimum atomic E-state index is -0.202. The Labute approximate surface area is 66.7 Å². The molecule has 3 nitrogen and oxygen atoms in total. The van der Waals surface area contributed by atoms with E-state index in [0.29, 0.717) is 6.61 Å². The van der Waals surface area contributed by atoms with Gasteiger partial charge in [-0.2, -0.15) is 0 Å². The van der Waals surface area contributed by atoms with Crippen LogP contribution in [0.5, 0.6) is 0 Å². The van der Waals surface area contributed by atoms with Gasteiger partial charge in [0, 0.05) is 6.92 Å². The number of carbonyl (C=O) groups is 1. The van der Waals surface area contributed by atoms with E-state index in [2.05, 4.69) is 6.92 Å². The molecule has 1 unspecified atom stereocenters. The van der Waals surface area contributed by atoms with Crippen molar-refractivity contribution < 1.29 is 14.3 Å². The topological polar surface area (TPSA) is 38.8 Å². The van der Waals surface area contributed by atoms with Crippen LogP contribution in [0.4, 0.5) is 0 Å². The maximum Gasteiger partial charge on any atom is 0.302 e. The maximum absolute atomic E-state index is 10.3. The molecule has 0 saturated carbocycles. The van der Waals surface area contributed by atoms with Crippen LogP contribution in [-0.2, 0) is 14.3 Å². The second kappa shape index (κ2) is 3.22. The number of epoxide rings is 1. The third-order valence-corrected chi connectivity index (χ3v) is 1.79. The first-order chi connectivity index (χ1) is 5.12. The Kier molecular flexibility index (Phi) is 2.49. The normalized spacial score (nSPS) is 28.2. The van der Waals surface area contributed by atoms with E-state index >= 15 is 0 Å². The largest absolute Gasteiger partial charge is 0.466 e. The Morgan fingerprint density at radius 1 is 1.73 bits per heavy atom. The van der Waals surface area contributed by atoms with Crippen LogP contribution in [0, 0.1) is 0 Å². The fraction of sp³-hybridized carbons (Fsp3) is 0.875. The van der Waals surface area contributed by atoms with Gasteiger partial charge in [-0.1, -0.05) is 0 Å². The number of ether oxygens (including phenoxy) is 2. The van der Waals surface area contributed by atoms with Gasteiger partial charge in [-0.05, 0) is 19.8 Å². The van der Waals surface area contributed by atoms with E-state index in [1.165, 1.54) is 6.92 Å². The van der Waals surface area contributed by atoms with Crippen molar-refractivity contribution in [2.45, 2.75) is 32.3 Å². The standard InChI is InChI=1S/C8H14O3/c1-7(9)10-5-3-4-8(2)6-11-8/h3-6H2,1-2H3. The van der Waals surface area contributed by atoms with Crippen molar-refractivity contribution in [2.75, 3.05) is 13.2 Å². The molecular weight excluding hydrogens is 144 g/mol. The van der Waals surface area contributed by atoms with Crippen LogP contribution in [0.2, 0.25) is 0 Å². The van der Waals surface area contributed by atoms with E-state index in [1.54, 1.807) is 0 Å². The van der Waals surface area contributed by atoms with Crippen molar-refractivity contribution in [3.63, 3.8) is 0 Å². The van der Waals surface area contributed by atoms with Gasteiger partial charge in [0.25, 0.3) is 0 Å². The van der Waals surface area contributed by atoms with Gasteiger partial charge in [0.15, 0.2) is 0 Å². The molecule has 64 valence electrons. The highest BCUT2D eigenvalue weighted by Crippen LogP contribution is 2.30. The Balaban J connectivity index is 1.92. The molecule has 0 aromatic heterocycles. The molecule has 0 amide bonds. The molecule has 1 atom stereocenters. The summed E-state index contributed by atoms with van der Waals surface area (Å²) in [5, 5.41) is 0. The number of hydrogen-bond donors (Lipinski definition) is 0. The predicted octanol–water partition coefficient (Wildman–Crippen LogP) is 1.12. The van der Waals surface area contributed by atoms with E-state index in [4.69, 9.17) is 9.47 Å². The third-order valence-electron chi connectivity index (χ3n) is 1.79. The zero-order valence-electron chi connectivity index (χ0n) is 7.05. The van der Waals surface area contributed by atoms with E-state index < -0.39 is 0 Å². The predicted molar refractivity (Wildman–Crippen MR) is 40.2 cm³/mol. The van der Waals surface area contributed by atoms with Gasteiger partial charge in [-0.3, -0.25) is 4.79 Å². The summed E-state index contributed by atoms with van der Waals surface area (Å²) in [5.74, 6) is -0.202. The van der Waals surface area contributed by atoms with Crippen molar-refractivity contribution >= 4 is 5.97 Å². The highest BCUT2D eigenvalue weighted by Gasteiger charge is 2.38. The van der Waals surface area contributed by atoms with Gasteiger partial charge in [0.1, 0.15) is 0 Å². The second-order valence-electron chi connectivity index (χ2n) is 3.18. The smallest absolute Gasteiger partial charge is 0.302 e. The van der Waals surface area contributed by atoms with Crippen LogP contribution in [0.15, 0.2) is 0 Å². The van der Waals surface area contributed by atoms with Crippen molar-refractivity contribution in [2.24, 2.45) is 0 Å². The van der Waals surface area contributed by atoms with Crippen LogP contribution in [0.3, 0.4) is 0 Å². The van der Waals surface area contributed by atoms with Crippen molar-refractivity contribution in [1.29, 1.82) is 0 Å². The number of rotatable bonds is 4. The summed E-state index contributed by atoms with van der Waals surface area (Å²) in [6.07, 6.45) is 1.89. The second-order valence-corrected chi connectivity index (χ2v) is 3.18. The Morgan fingerprint density at radius 2 is 2.36 bits per heavy atom. The lowest BCUT2D eigenvalue weighted by atomic mass is 10.1. The van der Waals surface area contributed by atoms with Gasteiger partial charge in [-0.25, -0.2) is 0 Å². The molecule has 0 aromatic carbocycles. The average molecular weight is 158 g/mol. The number of esters is 1. The van der Waals surface area contributed by atoms with E-state index in [1.807, 2.05) is 0 Å². The van der Waals surface area contributed by atoms with Crippen LogP contribution in [0.25, 0.3) is 0 Å². The van der Waals surface area contributed by atoms with Crippen LogP contribution < -0.4 is 0 Å². The van der Waals surface area contributed by atoms with E-state index in [9.17, 15) is 4.79 Å². The molecule has 1 rings (SSSR count). The molecule has 0 aromatic rings. The van der Waals surface area contributed by atoms with Crippen LogP contribution in [-0.4, -0.2) is 24.8 Å². The van der Waals surface area contributed by atoms with Crippen molar-refractivity contribution in [1.82, 2.24) is 0 Å². The van der Waals surface area contributed by atoms with Gasteiger partial charge in [0.05, 0.1) is 18.8 Å². The van der Waals surface area contributed by atoms with Gasteiger partial charge >= 0.3 is 5.97 Å². The molecule has 1 aliphatic heterocycles. The molecule has 0 N–H and O–H groups in total. The van der Waals surface area contributed by atoms with Gasteiger partial charge in [0.2, 0.25) is 0 Å². The SMILES string of the molecule is CC(=O)OCCCC1(C)CO1. The number of hydrogen-bond acceptors (Lipinski definition) is 3. The molecule has 0 bridgehead atoms. The lowest BCUT2D eigenvalue weighted by molar-refractivity contribution is -0.141. The zero-order valence-corrected chi connectivity index (χ0v) is 7.05. The molecule has 1 heterocycles. The zero-order chi connectivity index (χ0) is 8.32. The summed E-state index contributed by atoms with van der Waals surface area (Å²) in [6.45, 7) is 4.87. The maximum atomic E-state index is 10.3. The first-order valence-corrected chi connectivity index (χ1v) is 3.90. The lowest BCUT2D eigenvalue weighted by Crippen LogP contribution is -2.07. The minimum Gasteiger partial charge on any atom is -0.466 e. The summed E-state index contributed by atoms with van der Waals surface area (Å²) in [6, 6.07) is 0. The van der Waals surface area contributed by atoms with Crippen LogP contribution >= 0.6 is 0 Å². The summed E-state index contributed by atoms with van der Waals surface area (Å²) >= 11 is 0. The lowest BCUT2D eigenvalue weighted by Gasteiger charge is -2.04. The van der Waals surface area contributed by atoms with Gasteiger partial charge in [-0.15, -0.1) is 0 Å². The quantitative estimate of drug-likeness (QED) is 0.349. The molecule has 11 heavy (non-hydrogen) atoms. The molecule has 1 fully saturated rings. The molecular formula is C8H14O3. The molecule has 0 spiro atoms. The fourth-order valence-electron chi connectivity index (χ4n) is 0.930. The third kappa shape index (κ3) is 3.37. The molecule has 3 heteroatoms. The monoisotopic (exact) mass is 158 g/mol.